The highest BCUT2D eigenvalue weighted by Crippen LogP contribution is 2.47. The van der Waals surface area contributed by atoms with E-state index in [1.54, 1.807) is 0 Å². The van der Waals surface area contributed by atoms with Crippen LogP contribution in [-0.4, -0.2) is 17.3 Å². The molecule has 0 aliphatic heterocycles. The van der Waals surface area contributed by atoms with Crippen molar-refractivity contribution in [2.24, 2.45) is 5.41 Å². The Kier molecular flexibility index (Phi) is 1.09. The molecule has 2 fully saturated rings. The number of carbonyl (C=O) groups is 3. The first kappa shape index (κ1) is 6.70. The van der Waals surface area contributed by atoms with Gasteiger partial charge in [-0.2, -0.15) is 0 Å². The third kappa shape index (κ3) is 0.654. The Bertz CT molecular complexity index is 249. The highest BCUT2D eigenvalue weighted by molar-refractivity contribution is 6.35. The molecule has 0 N–H and O–H groups in total. The maximum atomic E-state index is 11.2. The summed E-state index contributed by atoms with van der Waals surface area (Å²) in [6.45, 7) is 0. The molecule has 0 saturated heterocycles. The van der Waals surface area contributed by atoms with Gasteiger partial charge in [0.2, 0.25) is 0 Å². The second-order valence-electron chi connectivity index (χ2n) is 3.21. The third-order valence-corrected chi connectivity index (χ3v) is 2.54. The van der Waals surface area contributed by atoms with E-state index in [-0.39, 0.29) is 23.8 Å². The largest absolute Gasteiger partial charge is 0.298 e. The molecule has 0 aromatic heterocycles. The van der Waals surface area contributed by atoms with Gasteiger partial charge in [-0.15, -0.1) is 0 Å². The topological polar surface area (TPSA) is 51.2 Å². The number of hydrogen-bond donors (Lipinski definition) is 0. The summed E-state index contributed by atoms with van der Waals surface area (Å²) in [6.07, 6.45) is 1.65. The normalized spacial score (nSPS) is 27.8. The maximum Gasteiger partial charge on any atom is 0.156 e. The van der Waals surface area contributed by atoms with Gasteiger partial charge >= 0.3 is 0 Å². The molecule has 3 heteroatoms. The van der Waals surface area contributed by atoms with Crippen molar-refractivity contribution >= 4 is 17.3 Å². The van der Waals surface area contributed by atoms with E-state index in [4.69, 9.17) is 0 Å². The maximum absolute atomic E-state index is 11.2. The summed E-state index contributed by atoms with van der Waals surface area (Å²) in [5.74, 6) is -0.440. The number of hydrogen-bond acceptors (Lipinski definition) is 3. The van der Waals surface area contributed by atoms with Crippen LogP contribution in [0.3, 0.4) is 0 Å². The summed E-state index contributed by atoms with van der Waals surface area (Å²) in [7, 11) is 0. The zero-order valence-corrected chi connectivity index (χ0v) is 6.05. The Morgan fingerprint density at radius 2 is 1.36 bits per heavy atom. The molecular weight excluding hydrogens is 144 g/mol. The minimum absolute atomic E-state index is 0.140. The minimum atomic E-state index is -1.11. The summed E-state index contributed by atoms with van der Waals surface area (Å²) < 4.78 is 0. The first-order valence-electron chi connectivity index (χ1n) is 3.78. The van der Waals surface area contributed by atoms with Gasteiger partial charge in [0.05, 0.1) is 0 Å². The standard InChI is InChI=1S/C8H8O3/c9-5-2-1-3-6(10)8(5)4-7(8)11/h1-4H2. The average Bonchev–Trinajstić information content (AvgIpc) is 2.60. The minimum Gasteiger partial charge on any atom is -0.298 e. The van der Waals surface area contributed by atoms with E-state index in [2.05, 4.69) is 0 Å². The van der Waals surface area contributed by atoms with E-state index < -0.39 is 5.41 Å². The van der Waals surface area contributed by atoms with E-state index in [0.717, 1.165) is 0 Å². The van der Waals surface area contributed by atoms with Gasteiger partial charge in [0.15, 0.2) is 22.8 Å². The lowest BCUT2D eigenvalue weighted by Gasteiger charge is -2.15. The smallest absolute Gasteiger partial charge is 0.156 e. The van der Waals surface area contributed by atoms with E-state index in [1.807, 2.05) is 0 Å². The van der Waals surface area contributed by atoms with E-state index >= 15 is 0 Å². The van der Waals surface area contributed by atoms with E-state index in [9.17, 15) is 14.4 Å². The molecule has 2 saturated carbocycles. The lowest BCUT2D eigenvalue weighted by atomic mass is 9.84. The second kappa shape index (κ2) is 1.78. The molecule has 58 valence electrons. The Labute approximate surface area is 63.8 Å². The first-order valence-corrected chi connectivity index (χ1v) is 3.78. The Hall–Kier alpha value is -0.990. The number of carbonyl (C=O) groups excluding carboxylic acids is 3. The molecule has 0 heterocycles. The fourth-order valence-electron chi connectivity index (χ4n) is 1.70. The molecule has 3 nitrogen and oxygen atoms in total. The van der Waals surface area contributed by atoms with E-state index in [0.29, 0.717) is 19.3 Å². The van der Waals surface area contributed by atoms with Crippen molar-refractivity contribution in [3.8, 4) is 0 Å². The van der Waals surface area contributed by atoms with Crippen LogP contribution in [0.4, 0.5) is 0 Å². The van der Waals surface area contributed by atoms with Crippen LogP contribution in [0.15, 0.2) is 0 Å². The molecule has 1 spiro atoms. The van der Waals surface area contributed by atoms with Crippen molar-refractivity contribution in [3.63, 3.8) is 0 Å². The molecule has 2 aliphatic rings. The van der Waals surface area contributed by atoms with Crippen molar-refractivity contribution in [1.82, 2.24) is 0 Å². The lowest BCUT2D eigenvalue weighted by molar-refractivity contribution is -0.139. The third-order valence-electron chi connectivity index (χ3n) is 2.54. The highest BCUT2D eigenvalue weighted by atomic mass is 16.2. The quantitative estimate of drug-likeness (QED) is 0.468. The number of ketones is 3. The monoisotopic (exact) mass is 152 g/mol. The Balaban J connectivity index is 2.35. The fraction of sp³-hybridized carbons (Fsp3) is 0.625. The van der Waals surface area contributed by atoms with Crippen LogP contribution in [0.5, 0.6) is 0 Å². The van der Waals surface area contributed by atoms with Crippen LogP contribution in [0.1, 0.15) is 25.7 Å². The van der Waals surface area contributed by atoms with Crippen LogP contribution in [0, 0.1) is 5.41 Å². The van der Waals surface area contributed by atoms with Crippen LogP contribution in [0.25, 0.3) is 0 Å². The summed E-state index contributed by atoms with van der Waals surface area (Å²) >= 11 is 0. The summed E-state index contributed by atoms with van der Waals surface area (Å²) in [4.78, 5) is 33.2. The van der Waals surface area contributed by atoms with Crippen molar-refractivity contribution in [2.45, 2.75) is 25.7 Å². The van der Waals surface area contributed by atoms with Crippen LogP contribution >= 0.6 is 0 Å². The molecule has 11 heavy (non-hydrogen) atoms. The van der Waals surface area contributed by atoms with Gasteiger partial charge in [0, 0.05) is 19.3 Å². The molecule has 0 aromatic rings. The lowest BCUT2D eigenvalue weighted by Crippen LogP contribution is -2.32. The molecule has 2 rings (SSSR count). The zero-order valence-electron chi connectivity index (χ0n) is 6.05. The van der Waals surface area contributed by atoms with Crippen molar-refractivity contribution in [3.05, 3.63) is 0 Å². The Morgan fingerprint density at radius 3 is 1.64 bits per heavy atom. The van der Waals surface area contributed by atoms with Gasteiger partial charge in [-0.05, 0) is 6.42 Å². The molecule has 0 unspecified atom stereocenters. The molecule has 2 aliphatic carbocycles. The predicted octanol–water partition coefficient (Wildman–Crippen LogP) is 0.268. The van der Waals surface area contributed by atoms with Crippen LogP contribution in [-0.2, 0) is 14.4 Å². The SMILES string of the molecule is O=C1CCCC(=O)C12CC2=O. The summed E-state index contributed by atoms with van der Waals surface area (Å²) in [5.41, 5.74) is -1.11. The van der Waals surface area contributed by atoms with Gasteiger partial charge in [0.1, 0.15) is 0 Å². The Morgan fingerprint density at radius 1 is 0.909 bits per heavy atom. The average molecular weight is 152 g/mol. The molecule has 0 radical (unpaired) electrons. The van der Waals surface area contributed by atoms with Crippen LogP contribution < -0.4 is 0 Å². The number of Topliss-reactive ketones (excluding diaryl/α,β-unsaturated/α-hetero) is 3. The fourth-order valence-corrected chi connectivity index (χ4v) is 1.70. The van der Waals surface area contributed by atoms with E-state index in [1.165, 1.54) is 0 Å². The van der Waals surface area contributed by atoms with Gasteiger partial charge in [-0.3, -0.25) is 14.4 Å². The van der Waals surface area contributed by atoms with Gasteiger partial charge < -0.3 is 0 Å². The first-order chi connectivity index (χ1) is 5.18. The second-order valence-corrected chi connectivity index (χ2v) is 3.21. The van der Waals surface area contributed by atoms with Gasteiger partial charge in [-0.25, -0.2) is 0 Å². The number of rotatable bonds is 0. The van der Waals surface area contributed by atoms with Crippen molar-refractivity contribution < 1.29 is 14.4 Å². The van der Waals surface area contributed by atoms with Crippen LogP contribution in [0.2, 0.25) is 0 Å². The predicted molar refractivity (Wildman–Crippen MR) is 35.9 cm³/mol. The highest BCUT2D eigenvalue weighted by Gasteiger charge is 2.65. The molecule has 0 atom stereocenters. The zero-order chi connectivity index (χ0) is 8.06. The van der Waals surface area contributed by atoms with Crippen molar-refractivity contribution in [1.29, 1.82) is 0 Å². The molecular formula is C8H8O3. The van der Waals surface area contributed by atoms with Gasteiger partial charge in [0.25, 0.3) is 0 Å². The van der Waals surface area contributed by atoms with Crippen molar-refractivity contribution in [2.75, 3.05) is 0 Å². The summed E-state index contributed by atoms with van der Waals surface area (Å²) in [5, 5.41) is 0. The molecule has 0 amide bonds. The molecule has 0 aromatic carbocycles. The van der Waals surface area contributed by atoms with Gasteiger partial charge in [-0.1, -0.05) is 0 Å². The molecule has 0 bridgehead atoms. The summed E-state index contributed by atoms with van der Waals surface area (Å²) in [6, 6.07) is 0.